The molecular weight excluding hydrogens is 271 g/mol. The number of hydrogen-bond donors (Lipinski definition) is 1. The Balaban J connectivity index is 1.92. The van der Waals surface area contributed by atoms with Crippen LogP contribution in [0, 0.1) is 11.7 Å². The number of nitrogens with zero attached hydrogens (tertiary/aromatic N) is 1. The molecule has 1 aromatic heterocycles. The molecule has 112 valence electrons. The van der Waals surface area contributed by atoms with Gasteiger partial charge in [0.05, 0.1) is 11.8 Å². The molecule has 0 aliphatic rings. The maximum atomic E-state index is 13.6. The second-order valence-corrected chi connectivity index (χ2v) is 5.30. The van der Waals surface area contributed by atoms with Crippen molar-refractivity contribution in [3.05, 3.63) is 42.2 Å². The van der Waals surface area contributed by atoms with Crippen LogP contribution in [0.25, 0.3) is 11.3 Å². The van der Waals surface area contributed by atoms with Crippen LogP contribution in [0.2, 0.25) is 0 Å². The zero-order chi connectivity index (χ0) is 15.2. The van der Waals surface area contributed by atoms with Crippen molar-refractivity contribution < 1.29 is 13.6 Å². The maximum Gasteiger partial charge on any atom is 0.220 e. The highest BCUT2D eigenvalue weighted by molar-refractivity contribution is 5.76. The van der Waals surface area contributed by atoms with E-state index in [1.54, 1.807) is 18.2 Å². The number of aromatic nitrogens is 1. The standard InChI is InChI=1S/C16H19FN2O2/c1-11(2)9-18-15(20)7-8-16-19-10-14(21-16)12-5-3-4-6-13(12)17/h3-6,10-11H,7-9H2,1-2H3,(H,18,20). The first-order valence-electron chi connectivity index (χ1n) is 7.02. The molecule has 0 bridgehead atoms. The highest BCUT2D eigenvalue weighted by Gasteiger charge is 2.11. The topological polar surface area (TPSA) is 55.1 Å². The average molecular weight is 290 g/mol. The molecule has 0 radical (unpaired) electrons. The lowest BCUT2D eigenvalue weighted by Crippen LogP contribution is -2.27. The van der Waals surface area contributed by atoms with Crippen LogP contribution in [0.15, 0.2) is 34.9 Å². The fourth-order valence-electron chi connectivity index (χ4n) is 1.84. The summed E-state index contributed by atoms with van der Waals surface area (Å²) in [7, 11) is 0. The second-order valence-electron chi connectivity index (χ2n) is 5.30. The third-order valence-electron chi connectivity index (χ3n) is 2.97. The predicted molar refractivity (Wildman–Crippen MR) is 78.1 cm³/mol. The van der Waals surface area contributed by atoms with Gasteiger partial charge in [-0.05, 0) is 18.1 Å². The van der Waals surface area contributed by atoms with Gasteiger partial charge in [0.2, 0.25) is 5.91 Å². The molecule has 0 saturated heterocycles. The van der Waals surface area contributed by atoms with Crippen molar-refractivity contribution in [1.82, 2.24) is 10.3 Å². The van der Waals surface area contributed by atoms with Crippen LogP contribution in [0.4, 0.5) is 4.39 Å². The molecule has 1 aromatic carbocycles. The van der Waals surface area contributed by atoms with Gasteiger partial charge >= 0.3 is 0 Å². The van der Waals surface area contributed by atoms with Gasteiger partial charge in [0, 0.05) is 19.4 Å². The van der Waals surface area contributed by atoms with Gasteiger partial charge in [0.15, 0.2) is 11.7 Å². The minimum Gasteiger partial charge on any atom is -0.441 e. The molecule has 0 saturated carbocycles. The Morgan fingerprint density at radius 2 is 2.14 bits per heavy atom. The third kappa shape index (κ3) is 4.41. The van der Waals surface area contributed by atoms with Crippen LogP contribution in [-0.2, 0) is 11.2 Å². The Labute approximate surface area is 123 Å². The summed E-state index contributed by atoms with van der Waals surface area (Å²) in [4.78, 5) is 15.7. The van der Waals surface area contributed by atoms with Gasteiger partial charge in [-0.15, -0.1) is 0 Å². The molecule has 0 aliphatic heterocycles. The number of benzene rings is 1. The third-order valence-corrected chi connectivity index (χ3v) is 2.97. The smallest absolute Gasteiger partial charge is 0.220 e. The molecule has 1 heterocycles. The van der Waals surface area contributed by atoms with Crippen molar-refractivity contribution >= 4 is 5.91 Å². The molecule has 1 amide bonds. The van der Waals surface area contributed by atoms with E-state index in [0.717, 1.165) is 0 Å². The summed E-state index contributed by atoms with van der Waals surface area (Å²) >= 11 is 0. The van der Waals surface area contributed by atoms with Crippen LogP contribution in [-0.4, -0.2) is 17.4 Å². The van der Waals surface area contributed by atoms with Gasteiger partial charge in [-0.2, -0.15) is 0 Å². The monoisotopic (exact) mass is 290 g/mol. The summed E-state index contributed by atoms with van der Waals surface area (Å²) in [6.45, 7) is 4.73. The molecule has 0 spiro atoms. The SMILES string of the molecule is CC(C)CNC(=O)CCc1ncc(-c2ccccc2F)o1. The number of carbonyl (C=O) groups excluding carboxylic acids is 1. The van der Waals surface area contributed by atoms with Gasteiger partial charge in [-0.1, -0.05) is 26.0 Å². The van der Waals surface area contributed by atoms with E-state index in [9.17, 15) is 9.18 Å². The number of nitrogens with one attached hydrogen (secondary N) is 1. The minimum absolute atomic E-state index is 0.0330. The van der Waals surface area contributed by atoms with Crippen LogP contribution >= 0.6 is 0 Å². The first-order chi connectivity index (χ1) is 10.1. The average Bonchev–Trinajstić information content (AvgIpc) is 2.92. The van der Waals surface area contributed by atoms with Gasteiger partial charge in [-0.25, -0.2) is 9.37 Å². The fraction of sp³-hybridized carbons (Fsp3) is 0.375. The van der Waals surface area contributed by atoms with E-state index in [1.807, 2.05) is 13.8 Å². The van der Waals surface area contributed by atoms with Crippen molar-refractivity contribution in [2.24, 2.45) is 5.92 Å². The first-order valence-corrected chi connectivity index (χ1v) is 7.02. The van der Waals surface area contributed by atoms with Crippen molar-refractivity contribution in [1.29, 1.82) is 0 Å². The zero-order valence-electron chi connectivity index (χ0n) is 12.2. The molecule has 0 unspecified atom stereocenters. The predicted octanol–water partition coefficient (Wildman–Crippen LogP) is 3.19. The fourth-order valence-corrected chi connectivity index (χ4v) is 1.84. The summed E-state index contributed by atoms with van der Waals surface area (Å²) in [5, 5.41) is 2.83. The number of amides is 1. The van der Waals surface area contributed by atoms with E-state index in [-0.39, 0.29) is 11.7 Å². The highest BCUT2D eigenvalue weighted by atomic mass is 19.1. The van der Waals surface area contributed by atoms with Crippen molar-refractivity contribution in [3.63, 3.8) is 0 Å². The molecule has 21 heavy (non-hydrogen) atoms. The molecule has 0 fully saturated rings. The zero-order valence-corrected chi connectivity index (χ0v) is 12.2. The van der Waals surface area contributed by atoms with Crippen molar-refractivity contribution in [2.45, 2.75) is 26.7 Å². The second kappa shape index (κ2) is 7.02. The summed E-state index contributed by atoms with van der Waals surface area (Å²) in [5.74, 6) is 0.853. The molecule has 4 nitrogen and oxygen atoms in total. The largest absolute Gasteiger partial charge is 0.441 e. The number of oxazole rings is 1. The maximum absolute atomic E-state index is 13.6. The molecule has 2 aromatic rings. The van der Waals surface area contributed by atoms with Gasteiger partial charge in [0.25, 0.3) is 0 Å². The van der Waals surface area contributed by atoms with Crippen LogP contribution in [0.5, 0.6) is 0 Å². The Morgan fingerprint density at radius 1 is 1.38 bits per heavy atom. The van der Waals surface area contributed by atoms with Crippen molar-refractivity contribution in [2.75, 3.05) is 6.54 Å². The van der Waals surface area contributed by atoms with Crippen LogP contribution in [0.3, 0.4) is 0 Å². The normalized spacial score (nSPS) is 10.9. The van der Waals surface area contributed by atoms with E-state index >= 15 is 0 Å². The Morgan fingerprint density at radius 3 is 2.86 bits per heavy atom. The number of hydrogen-bond acceptors (Lipinski definition) is 3. The lowest BCUT2D eigenvalue weighted by Gasteiger charge is -2.06. The van der Waals surface area contributed by atoms with E-state index < -0.39 is 0 Å². The van der Waals surface area contributed by atoms with E-state index in [2.05, 4.69) is 10.3 Å². The Hall–Kier alpha value is -2.17. The summed E-state index contributed by atoms with van der Waals surface area (Å²) in [6.07, 6.45) is 2.20. The first kappa shape index (κ1) is 15.2. The van der Waals surface area contributed by atoms with E-state index in [4.69, 9.17) is 4.42 Å². The molecule has 5 heteroatoms. The summed E-state index contributed by atoms with van der Waals surface area (Å²) in [6, 6.07) is 6.36. The van der Waals surface area contributed by atoms with E-state index in [1.165, 1.54) is 12.3 Å². The number of aryl methyl sites for hydroxylation is 1. The van der Waals surface area contributed by atoms with Gasteiger partial charge < -0.3 is 9.73 Å². The van der Waals surface area contributed by atoms with Gasteiger partial charge in [0.1, 0.15) is 5.82 Å². The van der Waals surface area contributed by atoms with Gasteiger partial charge in [-0.3, -0.25) is 4.79 Å². The molecule has 1 N–H and O–H groups in total. The van der Waals surface area contributed by atoms with Crippen molar-refractivity contribution in [3.8, 4) is 11.3 Å². The highest BCUT2D eigenvalue weighted by Crippen LogP contribution is 2.23. The summed E-state index contributed by atoms with van der Waals surface area (Å²) < 4.78 is 19.1. The number of carbonyl (C=O) groups is 1. The van der Waals surface area contributed by atoms with Crippen LogP contribution < -0.4 is 5.32 Å². The number of halogens is 1. The Bertz CT molecular complexity index is 608. The Kier molecular flexibility index (Phi) is 5.09. The van der Waals surface area contributed by atoms with Crippen LogP contribution in [0.1, 0.15) is 26.2 Å². The molecule has 0 atom stereocenters. The molecule has 0 aliphatic carbocycles. The molecular formula is C16H19FN2O2. The minimum atomic E-state index is -0.352. The quantitative estimate of drug-likeness (QED) is 0.889. The van der Waals surface area contributed by atoms with E-state index in [0.29, 0.717) is 42.5 Å². The lowest BCUT2D eigenvalue weighted by molar-refractivity contribution is -0.121. The molecule has 2 rings (SSSR count). The lowest BCUT2D eigenvalue weighted by atomic mass is 10.2. The summed E-state index contributed by atoms with van der Waals surface area (Å²) in [5.41, 5.74) is 0.375. The number of rotatable bonds is 6.